The summed E-state index contributed by atoms with van der Waals surface area (Å²) in [6, 6.07) is 5.69. The topological polar surface area (TPSA) is 57.9 Å². The number of nitrogens with zero attached hydrogens (tertiary/aromatic N) is 2. The molecule has 0 aromatic carbocycles. The van der Waals surface area contributed by atoms with Crippen molar-refractivity contribution >= 4 is 5.82 Å². The molecule has 1 heterocycles. The van der Waals surface area contributed by atoms with Gasteiger partial charge in [0.25, 0.3) is 0 Å². The van der Waals surface area contributed by atoms with Crippen LogP contribution < -0.4 is 5.32 Å². The van der Waals surface area contributed by atoms with E-state index in [2.05, 4.69) is 16.4 Å². The number of rotatable bonds is 5. The van der Waals surface area contributed by atoms with E-state index in [-0.39, 0.29) is 0 Å². The van der Waals surface area contributed by atoms with Crippen molar-refractivity contribution in [1.29, 1.82) is 5.26 Å². The number of ether oxygens (including phenoxy) is 1. The summed E-state index contributed by atoms with van der Waals surface area (Å²) in [6.45, 7) is 5.84. The Hall–Kier alpha value is -1.60. The molecule has 0 radical (unpaired) electrons. The summed E-state index contributed by atoms with van der Waals surface area (Å²) < 4.78 is 5.19. The van der Waals surface area contributed by atoms with E-state index in [1.165, 1.54) is 0 Å². The molecule has 1 aromatic rings. The fraction of sp³-hybridized carbons (Fsp3) is 0.455. The minimum Gasteiger partial charge on any atom is -0.380 e. The van der Waals surface area contributed by atoms with Crippen LogP contribution in [0.15, 0.2) is 12.1 Å². The second kappa shape index (κ2) is 5.99. The van der Waals surface area contributed by atoms with Gasteiger partial charge in [0.05, 0.1) is 12.2 Å². The first-order valence-electron chi connectivity index (χ1n) is 4.97. The Morgan fingerprint density at radius 2 is 2.33 bits per heavy atom. The van der Waals surface area contributed by atoms with Crippen LogP contribution in [0.5, 0.6) is 0 Å². The van der Waals surface area contributed by atoms with Gasteiger partial charge in [-0.1, -0.05) is 0 Å². The Labute approximate surface area is 89.9 Å². The number of hydrogen-bond acceptors (Lipinski definition) is 4. The second-order valence-corrected chi connectivity index (χ2v) is 3.08. The predicted molar refractivity (Wildman–Crippen MR) is 58.7 cm³/mol. The van der Waals surface area contributed by atoms with E-state index in [1.54, 1.807) is 6.07 Å². The maximum absolute atomic E-state index is 8.85. The fourth-order valence-corrected chi connectivity index (χ4v) is 1.17. The van der Waals surface area contributed by atoms with Crippen LogP contribution in [0.2, 0.25) is 0 Å². The van der Waals surface area contributed by atoms with E-state index in [0.717, 1.165) is 5.69 Å². The van der Waals surface area contributed by atoms with Gasteiger partial charge in [0.1, 0.15) is 11.9 Å². The molecule has 15 heavy (non-hydrogen) atoms. The van der Waals surface area contributed by atoms with Crippen LogP contribution in [-0.2, 0) is 4.74 Å². The zero-order valence-electron chi connectivity index (χ0n) is 9.08. The summed E-state index contributed by atoms with van der Waals surface area (Å²) in [5.74, 6) is 0.636. The quantitative estimate of drug-likeness (QED) is 0.743. The Morgan fingerprint density at radius 3 is 3.00 bits per heavy atom. The van der Waals surface area contributed by atoms with Gasteiger partial charge in [-0.15, -0.1) is 0 Å². The Balaban J connectivity index is 2.59. The molecule has 1 rings (SSSR count). The van der Waals surface area contributed by atoms with Crippen molar-refractivity contribution in [3.05, 3.63) is 23.4 Å². The first-order chi connectivity index (χ1) is 7.27. The van der Waals surface area contributed by atoms with E-state index < -0.39 is 0 Å². The molecule has 1 aromatic heterocycles. The zero-order valence-corrected chi connectivity index (χ0v) is 9.08. The van der Waals surface area contributed by atoms with Crippen LogP contribution in [0.25, 0.3) is 0 Å². The minimum absolute atomic E-state index is 0.567. The van der Waals surface area contributed by atoms with Gasteiger partial charge in [0.2, 0.25) is 0 Å². The molecule has 4 nitrogen and oxygen atoms in total. The van der Waals surface area contributed by atoms with Crippen molar-refractivity contribution < 1.29 is 4.74 Å². The van der Waals surface area contributed by atoms with E-state index >= 15 is 0 Å². The highest BCUT2D eigenvalue weighted by Gasteiger charge is 2.02. The highest BCUT2D eigenvalue weighted by atomic mass is 16.5. The monoisotopic (exact) mass is 205 g/mol. The highest BCUT2D eigenvalue weighted by Crippen LogP contribution is 2.11. The lowest BCUT2D eigenvalue weighted by Crippen LogP contribution is -2.11. The molecule has 4 heteroatoms. The molecule has 0 atom stereocenters. The number of anilines is 1. The van der Waals surface area contributed by atoms with Gasteiger partial charge in [-0.25, -0.2) is 4.98 Å². The molecular formula is C11H15N3O. The Morgan fingerprint density at radius 1 is 1.53 bits per heavy atom. The van der Waals surface area contributed by atoms with Gasteiger partial charge < -0.3 is 10.1 Å². The molecule has 80 valence electrons. The molecule has 0 amide bonds. The second-order valence-electron chi connectivity index (χ2n) is 3.08. The van der Waals surface area contributed by atoms with Gasteiger partial charge >= 0.3 is 0 Å². The first kappa shape index (κ1) is 11.5. The average Bonchev–Trinajstić information content (AvgIpc) is 2.25. The summed E-state index contributed by atoms with van der Waals surface area (Å²) in [5.41, 5.74) is 1.46. The number of nitrogens with one attached hydrogen (secondary N) is 1. The fourth-order valence-electron chi connectivity index (χ4n) is 1.17. The summed E-state index contributed by atoms with van der Waals surface area (Å²) in [5, 5.41) is 11.9. The molecule has 1 N–H and O–H groups in total. The van der Waals surface area contributed by atoms with E-state index in [4.69, 9.17) is 10.00 Å². The molecule has 0 aliphatic heterocycles. The smallest absolute Gasteiger partial charge is 0.144 e. The van der Waals surface area contributed by atoms with Crippen molar-refractivity contribution in [1.82, 2.24) is 4.98 Å². The third-order valence-electron chi connectivity index (χ3n) is 1.90. The van der Waals surface area contributed by atoms with Crippen LogP contribution in [0.1, 0.15) is 18.2 Å². The predicted octanol–water partition coefficient (Wildman–Crippen LogP) is 1.71. The molecule has 0 fully saturated rings. The van der Waals surface area contributed by atoms with Gasteiger partial charge in [-0.3, -0.25) is 0 Å². The minimum atomic E-state index is 0.567. The molecule has 0 saturated heterocycles. The standard InChI is InChI=1S/C11H15N3O/c1-3-15-7-6-13-11-10(8-12)5-4-9(2)14-11/h4-5H,3,6-7H2,1-2H3,(H,13,14). The summed E-state index contributed by atoms with van der Waals surface area (Å²) in [4.78, 5) is 4.25. The van der Waals surface area contributed by atoms with Crippen LogP contribution in [0.4, 0.5) is 5.82 Å². The van der Waals surface area contributed by atoms with Crippen molar-refractivity contribution in [3.8, 4) is 6.07 Å². The molecule has 0 unspecified atom stereocenters. The van der Waals surface area contributed by atoms with E-state index in [0.29, 0.717) is 31.1 Å². The largest absolute Gasteiger partial charge is 0.380 e. The van der Waals surface area contributed by atoms with Crippen LogP contribution in [-0.4, -0.2) is 24.7 Å². The third kappa shape index (κ3) is 3.56. The van der Waals surface area contributed by atoms with Crippen LogP contribution in [0.3, 0.4) is 0 Å². The maximum atomic E-state index is 8.85. The van der Waals surface area contributed by atoms with Crippen molar-refractivity contribution in [2.45, 2.75) is 13.8 Å². The van der Waals surface area contributed by atoms with Crippen LogP contribution in [0, 0.1) is 18.3 Å². The molecule has 0 bridgehead atoms. The number of hydrogen-bond donors (Lipinski definition) is 1. The Bertz CT molecular complexity index is 357. The number of aryl methyl sites for hydroxylation is 1. The number of nitriles is 1. The summed E-state index contributed by atoms with van der Waals surface area (Å²) in [7, 11) is 0. The lowest BCUT2D eigenvalue weighted by atomic mass is 10.2. The van der Waals surface area contributed by atoms with Crippen molar-refractivity contribution in [2.24, 2.45) is 0 Å². The number of pyridine rings is 1. The zero-order chi connectivity index (χ0) is 11.1. The SMILES string of the molecule is CCOCCNc1nc(C)ccc1C#N. The van der Waals surface area contributed by atoms with Gasteiger partial charge in [0.15, 0.2) is 0 Å². The van der Waals surface area contributed by atoms with Crippen molar-refractivity contribution in [2.75, 3.05) is 25.1 Å². The highest BCUT2D eigenvalue weighted by molar-refractivity contribution is 5.52. The first-order valence-corrected chi connectivity index (χ1v) is 4.97. The maximum Gasteiger partial charge on any atom is 0.144 e. The summed E-state index contributed by atoms with van der Waals surface area (Å²) in [6.07, 6.45) is 0. The average molecular weight is 205 g/mol. The lowest BCUT2D eigenvalue weighted by Gasteiger charge is -2.07. The number of aromatic nitrogens is 1. The van der Waals surface area contributed by atoms with E-state index in [9.17, 15) is 0 Å². The third-order valence-corrected chi connectivity index (χ3v) is 1.90. The molecule has 0 aliphatic rings. The van der Waals surface area contributed by atoms with Gasteiger partial charge in [-0.2, -0.15) is 5.26 Å². The van der Waals surface area contributed by atoms with E-state index in [1.807, 2.05) is 19.9 Å². The van der Waals surface area contributed by atoms with Crippen molar-refractivity contribution in [3.63, 3.8) is 0 Å². The lowest BCUT2D eigenvalue weighted by molar-refractivity contribution is 0.158. The molecule has 0 spiro atoms. The normalized spacial score (nSPS) is 9.67. The molecular weight excluding hydrogens is 190 g/mol. The Kier molecular flexibility index (Phi) is 4.58. The van der Waals surface area contributed by atoms with Crippen LogP contribution >= 0.6 is 0 Å². The molecule has 0 aliphatic carbocycles. The van der Waals surface area contributed by atoms with Gasteiger partial charge in [-0.05, 0) is 26.0 Å². The summed E-state index contributed by atoms with van der Waals surface area (Å²) >= 11 is 0. The molecule has 0 saturated carbocycles. The van der Waals surface area contributed by atoms with Gasteiger partial charge in [0, 0.05) is 18.8 Å².